The van der Waals surface area contributed by atoms with Crippen LogP contribution >= 0.6 is 0 Å². The summed E-state index contributed by atoms with van der Waals surface area (Å²) in [6.07, 6.45) is 0.444. The first-order valence-corrected chi connectivity index (χ1v) is 8.71. The van der Waals surface area contributed by atoms with E-state index in [2.05, 4.69) is 12.2 Å². The number of aliphatic carboxylic acids is 1. The minimum atomic E-state index is -0.847. The second-order valence-corrected chi connectivity index (χ2v) is 6.44. The molecule has 0 aliphatic carbocycles. The zero-order chi connectivity index (χ0) is 19.1. The van der Waals surface area contributed by atoms with E-state index in [9.17, 15) is 9.90 Å². The van der Waals surface area contributed by atoms with Gasteiger partial charge in [0.15, 0.2) is 11.5 Å². The SMILES string of the molecule is COc1ccc(C(C)C(C)N[C@@H](Cc2ccccc2)C(=O)O)cc1OC. The average molecular weight is 357 g/mol. The Kier molecular flexibility index (Phi) is 7.04. The van der Waals surface area contributed by atoms with Crippen molar-refractivity contribution in [2.75, 3.05) is 14.2 Å². The van der Waals surface area contributed by atoms with Gasteiger partial charge in [-0.25, -0.2) is 0 Å². The van der Waals surface area contributed by atoms with E-state index in [1.54, 1.807) is 14.2 Å². The van der Waals surface area contributed by atoms with Gasteiger partial charge in [0.25, 0.3) is 0 Å². The highest BCUT2D eigenvalue weighted by Gasteiger charge is 2.24. The minimum absolute atomic E-state index is 0.0297. The van der Waals surface area contributed by atoms with Crippen molar-refractivity contribution in [2.24, 2.45) is 0 Å². The summed E-state index contributed by atoms with van der Waals surface area (Å²) in [6, 6.07) is 14.8. The first kappa shape index (κ1) is 19.8. The lowest BCUT2D eigenvalue weighted by molar-refractivity contribution is -0.139. The summed E-state index contributed by atoms with van der Waals surface area (Å²) in [7, 11) is 3.21. The topological polar surface area (TPSA) is 67.8 Å². The van der Waals surface area contributed by atoms with Crippen LogP contribution in [0.3, 0.4) is 0 Å². The molecule has 5 nitrogen and oxygen atoms in total. The van der Waals surface area contributed by atoms with Gasteiger partial charge in [0.1, 0.15) is 6.04 Å². The molecule has 5 heteroatoms. The van der Waals surface area contributed by atoms with Crippen molar-refractivity contribution < 1.29 is 19.4 Å². The number of carbonyl (C=O) groups is 1. The maximum atomic E-state index is 11.7. The van der Waals surface area contributed by atoms with Gasteiger partial charge in [-0.2, -0.15) is 0 Å². The van der Waals surface area contributed by atoms with Crippen molar-refractivity contribution in [3.05, 3.63) is 59.7 Å². The third-order valence-corrected chi connectivity index (χ3v) is 4.73. The molecule has 0 radical (unpaired) electrons. The number of carboxylic acid groups (broad SMARTS) is 1. The van der Waals surface area contributed by atoms with Crippen LogP contribution in [-0.4, -0.2) is 37.4 Å². The lowest BCUT2D eigenvalue weighted by Crippen LogP contribution is -2.45. The third-order valence-electron chi connectivity index (χ3n) is 4.73. The summed E-state index contributed by atoms with van der Waals surface area (Å²) in [5.74, 6) is 0.604. The molecule has 140 valence electrons. The molecular weight excluding hydrogens is 330 g/mol. The van der Waals surface area contributed by atoms with Gasteiger partial charge in [-0.15, -0.1) is 0 Å². The highest BCUT2D eigenvalue weighted by atomic mass is 16.5. The smallest absolute Gasteiger partial charge is 0.321 e. The molecule has 0 aliphatic heterocycles. The Balaban J connectivity index is 2.10. The first-order chi connectivity index (χ1) is 12.5. The van der Waals surface area contributed by atoms with Crippen molar-refractivity contribution in [1.29, 1.82) is 0 Å². The van der Waals surface area contributed by atoms with E-state index in [0.717, 1.165) is 11.1 Å². The van der Waals surface area contributed by atoms with E-state index in [1.807, 2.05) is 55.5 Å². The van der Waals surface area contributed by atoms with E-state index in [4.69, 9.17) is 9.47 Å². The number of nitrogens with one attached hydrogen (secondary N) is 1. The first-order valence-electron chi connectivity index (χ1n) is 8.71. The number of hydrogen-bond acceptors (Lipinski definition) is 4. The number of methoxy groups -OCH3 is 2. The van der Waals surface area contributed by atoms with Crippen LogP contribution in [0.25, 0.3) is 0 Å². The fourth-order valence-electron chi connectivity index (χ4n) is 2.95. The van der Waals surface area contributed by atoms with Crippen LogP contribution in [0, 0.1) is 0 Å². The molecule has 0 saturated carbocycles. The largest absolute Gasteiger partial charge is 0.493 e. The molecule has 2 rings (SSSR count). The van der Waals surface area contributed by atoms with Gasteiger partial charge in [0.05, 0.1) is 14.2 Å². The fraction of sp³-hybridized carbons (Fsp3) is 0.381. The molecule has 0 amide bonds. The maximum absolute atomic E-state index is 11.7. The van der Waals surface area contributed by atoms with Crippen molar-refractivity contribution in [1.82, 2.24) is 5.32 Å². The van der Waals surface area contributed by atoms with Gasteiger partial charge >= 0.3 is 5.97 Å². The Bertz CT molecular complexity index is 717. The van der Waals surface area contributed by atoms with E-state index in [1.165, 1.54) is 0 Å². The molecule has 0 heterocycles. The quantitative estimate of drug-likeness (QED) is 0.719. The standard InChI is InChI=1S/C21H27NO4/c1-14(17-10-11-19(25-3)20(13-17)26-4)15(2)22-18(21(23)24)12-16-8-6-5-7-9-16/h5-11,13-15,18,22H,12H2,1-4H3,(H,23,24)/t14?,15?,18-/m0/s1. The van der Waals surface area contributed by atoms with Crippen molar-refractivity contribution in [3.8, 4) is 11.5 Å². The van der Waals surface area contributed by atoms with E-state index in [-0.39, 0.29) is 12.0 Å². The normalized spacial score (nSPS) is 14.3. The summed E-state index contributed by atoms with van der Waals surface area (Å²) < 4.78 is 10.6. The van der Waals surface area contributed by atoms with Crippen molar-refractivity contribution >= 4 is 5.97 Å². The summed E-state index contributed by atoms with van der Waals surface area (Å²) in [4.78, 5) is 11.7. The Morgan fingerprint density at radius 2 is 1.69 bits per heavy atom. The van der Waals surface area contributed by atoms with E-state index >= 15 is 0 Å². The van der Waals surface area contributed by atoms with Crippen LogP contribution in [0.5, 0.6) is 11.5 Å². The Morgan fingerprint density at radius 3 is 2.27 bits per heavy atom. The molecule has 0 aliphatic rings. The minimum Gasteiger partial charge on any atom is -0.493 e. The Morgan fingerprint density at radius 1 is 1.04 bits per heavy atom. The molecule has 2 unspecified atom stereocenters. The maximum Gasteiger partial charge on any atom is 0.321 e. The Hall–Kier alpha value is -2.53. The monoisotopic (exact) mass is 357 g/mol. The zero-order valence-electron chi connectivity index (χ0n) is 15.7. The number of carboxylic acids is 1. The molecule has 0 aromatic heterocycles. The zero-order valence-corrected chi connectivity index (χ0v) is 15.7. The van der Waals surface area contributed by atoms with Crippen molar-refractivity contribution in [2.45, 2.75) is 38.3 Å². The number of hydrogen-bond donors (Lipinski definition) is 2. The van der Waals surface area contributed by atoms with E-state index < -0.39 is 12.0 Å². The summed E-state index contributed by atoms with van der Waals surface area (Å²) >= 11 is 0. The molecule has 2 N–H and O–H groups in total. The number of benzene rings is 2. The second-order valence-electron chi connectivity index (χ2n) is 6.44. The molecule has 2 aromatic carbocycles. The molecule has 0 fully saturated rings. The number of ether oxygens (including phenoxy) is 2. The third kappa shape index (κ3) is 4.99. The highest BCUT2D eigenvalue weighted by molar-refractivity contribution is 5.74. The van der Waals surface area contributed by atoms with Crippen LogP contribution < -0.4 is 14.8 Å². The van der Waals surface area contributed by atoms with E-state index in [0.29, 0.717) is 17.9 Å². The predicted molar refractivity (Wildman–Crippen MR) is 102 cm³/mol. The lowest BCUT2D eigenvalue weighted by atomic mass is 9.93. The summed E-state index contributed by atoms with van der Waals surface area (Å²) in [5.41, 5.74) is 2.06. The van der Waals surface area contributed by atoms with Gasteiger partial charge in [-0.05, 0) is 42.5 Å². The predicted octanol–water partition coefficient (Wildman–Crippen LogP) is 3.48. The van der Waals surface area contributed by atoms with Gasteiger partial charge < -0.3 is 19.9 Å². The van der Waals surface area contributed by atoms with Gasteiger partial charge in [-0.1, -0.05) is 43.3 Å². The molecule has 0 bridgehead atoms. The lowest BCUT2D eigenvalue weighted by Gasteiger charge is -2.26. The highest BCUT2D eigenvalue weighted by Crippen LogP contribution is 2.31. The van der Waals surface area contributed by atoms with Crippen LogP contribution in [0.4, 0.5) is 0 Å². The van der Waals surface area contributed by atoms with Crippen LogP contribution in [0.2, 0.25) is 0 Å². The molecule has 26 heavy (non-hydrogen) atoms. The van der Waals surface area contributed by atoms with Gasteiger partial charge in [0, 0.05) is 6.04 Å². The Labute approximate surface area is 155 Å². The fourth-order valence-corrected chi connectivity index (χ4v) is 2.95. The summed E-state index contributed by atoms with van der Waals surface area (Å²) in [5, 5.41) is 12.8. The molecule has 0 saturated heterocycles. The van der Waals surface area contributed by atoms with Crippen LogP contribution in [-0.2, 0) is 11.2 Å². The number of rotatable bonds is 9. The van der Waals surface area contributed by atoms with Crippen molar-refractivity contribution in [3.63, 3.8) is 0 Å². The molecule has 0 spiro atoms. The molecular formula is C21H27NO4. The second kappa shape index (κ2) is 9.25. The van der Waals surface area contributed by atoms with Gasteiger partial charge in [-0.3, -0.25) is 4.79 Å². The average Bonchev–Trinajstić information content (AvgIpc) is 2.66. The van der Waals surface area contributed by atoms with Gasteiger partial charge in [0.2, 0.25) is 0 Å². The molecule has 3 atom stereocenters. The molecule has 2 aromatic rings. The summed E-state index contributed by atoms with van der Waals surface area (Å²) in [6.45, 7) is 4.07. The van der Waals surface area contributed by atoms with Crippen LogP contribution in [0.1, 0.15) is 30.9 Å². The van der Waals surface area contributed by atoms with Crippen LogP contribution in [0.15, 0.2) is 48.5 Å².